The van der Waals surface area contributed by atoms with Crippen molar-refractivity contribution >= 4 is 49.2 Å². The van der Waals surface area contributed by atoms with Gasteiger partial charge in [-0.25, -0.2) is 4.39 Å². The van der Waals surface area contributed by atoms with Gasteiger partial charge in [-0.3, -0.25) is 19.2 Å². The van der Waals surface area contributed by atoms with Crippen molar-refractivity contribution in [3.63, 3.8) is 0 Å². The molecule has 1 aliphatic heterocycles. The van der Waals surface area contributed by atoms with E-state index in [2.05, 4.69) is 25.6 Å². The number of halogens is 1. The van der Waals surface area contributed by atoms with E-state index in [1.807, 2.05) is 13.8 Å². The van der Waals surface area contributed by atoms with Gasteiger partial charge in [-0.2, -0.15) is 4.67 Å². The zero-order valence-corrected chi connectivity index (χ0v) is 26.5. The van der Waals surface area contributed by atoms with Crippen LogP contribution >= 0.6 is 8.25 Å². The third-order valence-electron chi connectivity index (χ3n) is 7.69. The minimum absolute atomic E-state index is 0.0147. The lowest BCUT2D eigenvalue weighted by Gasteiger charge is -2.18. The summed E-state index contributed by atoms with van der Waals surface area (Å²) in [6, 6.07) is 3.09. The molecule has 2 aromatic rings. The number of aliphatic hydroxyl groups is 1. The fraction of sp³-hybridized carbons (Fsp3) is 0.467. The van der Waals surface area contributed by atoms with Crippen LogP contribution < -0.4 is 26.9 Å². The predicted molar refractivity (Wildman–Crippen MR) is 164 cm³/mol. The second kappa shape index (κ2) is 17.6. The third-order valence-corrected chi connectivity index (χ3v) is 8.17. The van der Waals surface area contributed by atoms with Crippen LogP contribution in [0, 0.1) is 25.6 Å². The molecule has 1 aliphatic rings. The Bertz CT molecular complexity index is 1480. The molecule has 14 nitrogen and oxygen atoms in total. The molecular weight excluding hydrogens is 624 g/mol. The van der Waals surface area contributed by atoms with Crippen molar-refractivity contribution < 1.29 is 47.7 Å². The van der Waals surface area contributed by atoms with Crippen molar-refractivity contribution in [2.75, 3.05) is 25.1 Å². The van der Waals surface area contributed by atoms with Crippen LogP contribution in [0.1, 0.15) is 66.6 Å². The number of rotatable bonds is 19. The average Bonchev–Trinajstić information content (AvgIpc) is 3.47. The molecule has 3 atom stereocenters. The van der Waals surface area contributed by atoms with Gasteiger partial charge in [-0.1, -0.05) is 6.42 Å². The summed E-state index contributed by atoms with van der Waals surface area (Å²) in [6.45, 7) is 3.59. The summed E-state index contributed by atoms with van der Waals surface area (Å²) in [5.74, 6) is -2.67. The van der Waals surface area contributed by atoms with Crippen molar-refractivity contribution in [3.8, 4) is 0 Å². The smallest absolute Gasteiger partial charge is 0.672 e. The summed E-state index contributed by atoms with van der Waals surface area (Å²) in [6.07, 6.45) is 3.50. The van der Waals surface area contributed by atoms with Gasteiger partial charge in [0.2, 0.25) is 17.7 Å². The molecule has 0 spiro atoms. The number of anilines is 1. The maximum atomic E-state index is 13.8. The number of hydrogen-bond acceptors (Lipinski definition) is 9. The number of benzene rings is 1. The standard InChI is InChI=1S/C30H39FN5O9P/c1-17-21(18(2)34-26(17)14-23-22-13-20(31)6-8-24(22)36-29(23)40)7-11-28(39)35-25(9-10-27(32)38)30(41)33-12-4-3-5-19(15-37)16-44-46(43)45-42/h6,8,13-14,19,25,34,37H,3-5,7,9-12,15-16H2,1-2H3,(H5-,32,33,35,36,38,39,40,41,42)/b23-14-/t19?,25-/m0/s1. The van der Waals surface area contributed by atoms with Gasteiger partial charge in [-0.05, 0) is 74.9 Å². The molecule has 250 valence electrons. The number of nitrogens with one attached hydrogen (secondary N) is 4. The number of carbonyl (C=O) groups is 4. The van der Waals surface area contributed by atoms with Gasteiger partial charge in [0.05, 0.1) is 5.57 Å². The highest BCUT2D eigenvalue weighted by Gasteiger charge is 2.26. The molecule has 0 saturated heterocycles. The van der Waals surface area contributed by atoms with Crippen molar-refractivity contribution in [1.82, 2.24) is 15.6 Å². The Morgan fingerprint density at radius 1 is 1.20 bits per heavy atom. The lowest BCUT2D eigenvalue weighted by Crippen LogP contribution is -2.47. The Morgan fingerprint density at radius 3 is 2.65 bits per heavy atom. The fourth-order valence-electron chi connectivity index (χ4n) is 5.15. The lowest BCUT2D eigenvalue weighted by atomic mass is 10.0. The molecule has 0 aliphatic carbocycles. The van der Waals surface area contributed by atoms with Crippen LogP contribution in [0.4, 0.5) is 10.1 Å². The number of aromatic amines is 1. The molecule has 0 fully saturated rings. The van der Waals surface area contributed by atoms with Gasteiger partial charge < -0.3 is 37.0 Å². The highest BCUT2D eigenvalue weighted by atomic mass is 31.1. The lowest BCUT2D eigenvalue weighted by molar-refractivity contribution is -0.638. The van der Waals surface area contributed by atoms with Crippen molar-refractivity contribution in [3.05, 3.63) is 52.1 Å². The monoisotopic (exact) mass is 663 g/mol. The van der Waals surface area contributed by atoms with Crippen LogP contribution in [-0.2, 0) is 39.4 Å². The Hall–Kier alpha value is -4.01. The van der Waals surface area contributed by atoms with Crippen LogP contribution in [0.25, 0.3) is 11.6 Å². The average molecular weight is 664 g/mol. The largest absolute Gasteiger partial charge is 0.688 e. The molecule has 46 heavy (non-hydrogen) atoms. The first kappa shape index (κ1) is 36.5. The summed E-state index contributed by atoms with van der Waals surface area (Å²) in [7, 11) is -2.77. The highest BCUT2D eigenvalue weighted by molar-refractivity contribution is 7.33. The van der Waals surface area contributed by atoms with E-state index in [-0.39, 0.29) is 50.8 Å². The van der Waals surface area contributed by atoms with Crippen molar-refractivity contribution in [2.45, 2.75) is 64.8 Å². The van der Waals surface area contributed by atoms with E-state index in [1.54, 1.807) is 6.08 Å². The maximum absolute atomic E-state index is 13.8. The Labute approximate surface area is 266 Å². The third kappa shape index (κ3) is 10.5. The Kier molecular flexibility index (Phi) is 14.0. The quantitative estimate of drug-likeness (QED) is 0.0423. The van der Waals surface area contributed by atoms with Crippen molar-refractivity contribution in [2.24, 2.45) is 11.7 Å². The minimum Gasteiger partial charge on any atom is -0.672 e. The SMILES string of the molecule is Cc1[nH]c(/C=C2\C(=O)Nc3ccc(F)cc32)c(C)c1CCC(=O)N[C@@H](CCC(N)=O)C(=O)NCCCCC(CO)CO[P+](=O)O[O-]. The molecule has 0 saturated carbocycles. The molecule has 3 rings (SSSR count). The van der Waals surface area contributed by atoms with E-state index in [4.69, 9.17) is 10.3 Å². The summed E-state index contributed by atoms with van der Waals surface area (Å²) >= 11 is 0. The topological polar surface area (TPSA) is 225 Å². The number of hydrogen-bond donors (Lipinski definition) is 6. The zero-order chi connectivity index (χ0) is 33.8. The Balaban J connectivity index is 1.55. The molecule has 1 aromatic carbocycles. The number of aryl methyl sites for hydroxylation is 1. The first-order chi connectivity index (χ1) is 21.9. The number of unbranched alkanes of at least 4 members (excludes halogenated alkanes) is 1. The number of aromatic nitrogens is 1. The van der Waals surface area contributed by atoms with Gasteiger partial charge in [0.1, 0.15) is 18.5 Å². The number of nitrogens with two attached hydrogens (primary N) is 1. The molecule has 0 radical (unpaired) electrons. The predicted octanol–water partition coefficient (Wildman–Crippen LogP) is 1.81. The normalized spacial score (nSPS) is 14.8. The molecule has 2 heterocycles. The van der Waals surface area contributed by atoms with Crippen molar-refractivity contribution in [1.29, 1.82) is 0 Å². The number of carbonyl (C=O) groups excluding carboxylic acids is 4. The molecular formula is C30H39FN5O9P. The number of fused-ring (bicyclic) bond motifs is 1. The second-order valence-electron chi connectivity index (χ2n) is 11.0. The van der Waals surface area contributed by atoms with Gasteiger partial charge >= 0.3 is 8.25 Å². The zero-order valence-electron chi connectivity index (χ0n) is 25.7. The van der Waals surface area contributed by atoms with E-state index < -0.39 is 37.8 Å². The summed E-state index contributed by atoms with van der Waals surface area (Å²) in [4.78, 5) is 52.9. The van der Waals surface area contributed by atoms with E-state index in [1.165, 1.54) is 18.2 Å². The van der Waals surface area contributed by atoms with Gasteiger partial charge in [-0.15, -0.1) is 4.52 Å². The highest BCUT2D eigenvalue weighted by Crippen LogP contribution is 2.34. The molecule has 7 N–H and O–H groups in total. The molecule has 2 unspecified atom stereocenters. The van der Waals surface area contributed by atoms with Gasteiger partial charge in [0.25, 0.3) is 5.91 Å². The molecule has 16 heteroatoms. The number of amides is 4. The first-order valence-corrected chi connectivity index (χ1v) is 15.9. The van der Waals surface area contributed by atoms with Crippen LogP contribution in [0.3, 0.4) is 0 Å². The van der Waals surface area contributed by atoms with E-state index in [0.29, 0.717) is 48.2 Å². The maximum Gasteiger partial charge on any atom is 0.688 e. The number of primary amides is 1. The van der Waals surface area contributed by atoms with Crippen LogP contribution in [0.15, 0.2) is 18.2 Å². The van der Waals surface area contributed by atoms with E-state index >= 15 is 0 Å². The summed E-state index contributed by atoms with van der Waals surface area (Å²) in [5.41, 5.74) is 9.69. The molecule has 1 aromatic heterocycles. The van der Waals surface area contributed by atoms with Crippen LogP contribution in [-0.4, -0.2) is 59.5 Å². The first-order valence-electron chi connectivity index (χ1n) is 14.8. The second-order valence-corrected chi connectivity index (χ2v) is 11.9. The van der Waals surface area contributed by atoms with Gasteiger partial charge in [0, 0.05) is 59.1 Å². The molecule has 4 amide bonds. The fourth-order valence-corrected chi connectivity index (χ4v) is 5.53. The van der Waals surface area contributed by atoms with Crippen LogP contribution in [0.5, 0.6) is 0 Å². The van der Waals surface area contributed by atoms with Gasteiger partial charge in [0.15, 0.2) is 0 Å². The molecule has 0 bridgehead atoms. The number of aliphatic hydroxyl groups excluding tert-OH is 1. The number of H-pyrrole nitrogens is 1. The van der Waals surface area contributed by atoms with E-state index in [0.717, 1.165) is 16.8 Å². The summed E-state index contributed by atoms with van der Waals surface area (Å²) < 4.78 is 32.8. The minimum atomic E-state index is -2.77. The Morgan fingerprint density at radius 2 is 1.96 bits per heavy atom. The van der Waals surface area contributed by atoms with Crippen LogP contribution in [0.2, 0.25) is 0 Å². The summed E-state index contributed by atoms with van der Waals surface area (Å²) in [5, 5.41) is 27.6. The van der Waals surface area contributed by atoms with E-state index in [9.17, 15) is 38.5 Å².